The molecule has 92 valence electrons. The van der Waals surface area contributed by atoms with Crippen molar-refractivity contribution in [2.75, 3.05) is 20.1 Å². The SMILES string of the molecule is CNCCN1C(=O)NC(C)(c2ccco2)C1=O. The Labute approximate surface area is 99.0 Å². The molecule has 3 amide bonds. The zero-order valence-corrected chi connectivity index (χ0v) is 9.82. The standard InChI is InChI=1S/C11H15N3O3/c1-11(8-4-3-7-17-8)9(15)14(6-5-12-2)10(16)13-11/h3-4,7,12H,5-6H2,1-2H3,(H,13,16). The fourth-order valence-electron chi connectivity index (χ4n) is 1.85. The molecular formula is C11H15N3O3. The van der Waals surface area contributed by atoms with Crippen molar-refractivity contribution in [3.05, 3.63) is 24.2 Å². The molecule has 0 aromatic carbocycles. The fourth-order valence-corrected chi connectivity index (χ4v) is 1.85. The van der Waals surface area contributed by atoms with Gasteiger partial charge in [0.1, 0.15) is 5.76 Å². The van der Waals surface area contributed by atoms with Crippen LogP contribution in [0.25, 0.3) is 0 Å². The van der Waals surface area contributed by atoms with Gasteiger partial charge < -0.3 is 15.1 Å². The predicted octanol–water partition coefficient (Wildman–Crippen LogP) is 0.266. The fraction of sp³-hybridized carbons (Fsp3) is 0.455. The minimum absolute atomic E-state index is 0.285. The molecular weight excluding hydrogens is 222 g/mol. The molecule has 0 aliphatic carbocycles. The number of likely N-dealkylation sites (N-methyl/N-ethyl adjacent to an activating group) is 1. The van der Waals surface area contributed by atoms with Crippen molar-refractivity contribution in [1.82, 2.24) is 15.5 Å². The summed E-state index contributed by atoms with van der Waals surface area (Å²) in [6.45, 7) is 2.55. The summed E-state index contributed by atoms with van der Waals surface area (Å²) in [7, 11) is 1.77. The molecule has 0 saturated carbocycles. The molecule has 2 rings (SSSR count). The van der Waals surface area contributed by atoms with Gasteiger partial charge in [0, 0.05) is 13.1 Å². The quantitative estimate of drug-likeness (QED) is 0.737. The van der Waals surface area contributed by atoms with Crippen molar-refractivity contribution in [3.8, 4) is 0 Å². The second-order valence-electron chi connectivity index (χ2n) is 4.09. The zero-order chi connectivity index (χ0) is 12.5. The highest BCUT2D eigenvalue weighted by atomic mass is 16.3. The topological polar surface area (TPSA) is 74.6 Å². The molecule has 1 saturated heterocycles. The maximum absolute atomic E-state index is 12.2. The van der Waals surface area contributed by atoms with Crippen LogP contribution in [0.5, 0.6) is 0 Å². The number of furan rings is 1. The molecule has 1 aromatic heterocycles. The van der Waals surface area contributed by atoms with Crippen molar-refractivity contribution in [2.24, 2.45) is 0 Å². The van der Waals surface area contributed by atoms with Gasteiger partial charge in [0.05, 0.1) is 6.26 Å². The molecule has 1 aliphatic heterocycles. The van der Waals surface area contributed by atoms with E-state index in [9.17, 15) is 9.59 Å². The largest absolute Gasteiger partial charge is 0.466 e. The Morgan fingerprint density at radius 2 is 2.29 bits per heavy atom. The third-order valence-electron chi connectivity index (χ3n) is 2.87. The molecule has 0 radical (unpaired) electrons. The van der Waals surface area contributed by atoms with Crippen LogP contribution in [0.3, 0.4) is 0 Å². The lowest BCUT2D eigenvalue weighted by Crippen LogP contribution is -2.41. The van der Waals surface area contributed by atoms with E-state index in [0.717, 1.165) is 0 Å². The van der Waals surface area contributed by atoms with E-state index < -0.39 is 5.54 Å². The van der Waals surface area contributed by atoms with Crippen LogP contribution < -0.4 is 10.6 Å². The maximum atomic E-state index is 12.2. The smallest absolute Gasteiger partial charge is 0.325 e. The highest BCUT2D eigenvalue weighted by Crippen LogP contribution is 2.28. The molecule has 2 heterocycles. The number of hydrogen-bond acceptors (Lipinski definition) is 4. The molecule has 1 aliphatic rings. The van der Waals surface area contributed by atoms with E-state index in [1.165, 1.54) is 11.2 Å². The first-order chi connectivity index (χ1) is 8.09. The summed E-state index contributed by atoms with van der Waals surface area (Å²) in [4.78, 5) is 25.1. The predicted molar refractivity (Wildman–Crippen MR) is 60.2 cm³/mol. The average molecular weight is 237 g/mol. The van der Waals surface area contributed by atoms with E-state index in [-0.39, 0.29) is 11.9 Å². The maximum Gasteiger partial charge on any atom is 0.325 e. The van der Waals surface area contributed by atoms with Crippen molar-refractivity contribution < 1.29 is 14.0 Å². The third-order valence-corrected chi connectivity index (χ3v) is 2.87. The number of nitrogens with zero attached hydrogens (tertiary/aromatic N) is 1. The van der Waals surface area contributed by atoms with Crippen LogP contribution in [0.2, 0.25) is 0 Å². The summed E-state index contributed by atoms with van der Waals surface area (Å²) in [5.41, 5.74) is -1.09. The molecule has 1 atom stereocenters. The lowest BCUT2D eigenvalue weighted by Gasteiger charge is -2.18. The van der Waals surface area contributed by atoms with Gasteiger partial charge in [-0.25, -0.2) is 4.79 Å². The highest BCUT2D eigenvalue weighted by molar-refractivity contribution is 6.06. The average Bonchev–Trinajstić information content (AvgIpc) is 2.88. The number of rotatable bonds is 4. The Hall–Kier alpha value is -1.82. The number of carbonyl (C=O) groups excluding carboxylic acids is 2. The summed E-state index contributed by atoms with van der Waals surface area (Å²) >= 11 is 0. The van der Waals surface area contributed by atoms with Crippen LogP contribution in [-0.4, -0.2) is 37.0 Å². The van der Waals surface area contributed by atoms with Crippen LogP contribution in [-0.2, 0) is 10.3 Å². The van der Waals surface area contributed by atoms with Gasteiger partial charge in [0.25, 0.3) is 5.91 Å². The van der Waals surface area contributed by atoms with E-state index in [0.29, 0.717) is 18.8 Å². The molecule has 6 nitrogen and oxygen atoms in total. The van der Waals surface area contributed by atoms with Gasteiger partial charge in [-0.1, -0.05) is 0 Å². The zero-order valence-electron chi connectivity index (χ0n) is 9.82. The van der Waals surface area contributed by atoms with E-state index in [1.54, 1.807) is 26.1 Å². The second-order valence-corrected chi connectivity index (χ2v) is 4.09. The van der Waals surface area contributed by atoms with Gasteiger partial charge >= 0.3 is 6.03 Å². The lowest BCUT2D eigenvalue weighted by atomic mass is 9.99. The van der Waals surface area contributed by atoms with Crippen molar-refractivity contribution in [1.29, 1.82) is 0 Å². The van der Waals surface area contributed by atoms with E-state index in [4.69, 9.17) is 4.42 Å². The van der Waals surface area contributed by atoms with Crippen LogP contribution in [0.4, 0.5) is 4.79 Å². The van der Waals surface area contributed by atoms with Gasteiger partial charge in [-0.3, -0.25) is 9.69 Å². The molecule has 17 heavy (non-hydrogen) atoms. The number of imide groups is 1. The number of amides is 3. The lowest BCUT2D eigenvalue weighted by molar-refractivity contribution is -0.131. The van der Waals surface area contributed by atoms with Crippen LogP contribution >= 0.6 is 0 Å². The number of urea groups is 1. The molecule has 0 spiro atoms. The molecule has 1 fully saturated rings. The summed E-state index contributed by atoms with van der Waals surface area (Å²) in [6.07, 6.45) is 1.48. The number of nitrogens with one attached hydrogen (secondary N) is 2. The van der Waals surface area contributed by atoms with Gasteiger partial charge in [0.2, 0.25) is 0 Å². The van der Waals surface area contributed by atoms with Gasteiger partial charge in [-0.15, -0.1) is 0 Å². The molecule has 2 N–H and O–H groups in total. The Morgan fingerprint density at radius 1 is 1.53 bits per heavy atom. The third kappa shape index (κ3) is 1.80. The Morgan fingerprint density at radius 3 is 2.88 bits per heavy atom. The van der Waals surface area contributed by atoms with Crippen molar-refractivity contribution in [2.45, 2.75) is 12.5 Å². The van der Waals surface area contributed by atoms with Crippen molar-refractivity contribution >= 4 is 11.9 Å². The first kappa shape index (κ1) is 11.7. The second kappa shape index (κ2) is 4.21. The van der Waals surface area contributed by atoms with E-state index in [1.807, 2.05) is 0 Å². The summed E-state index contributed by atoms with van der Waals surface area (Å²) in [5, 5.41) is 5.56. The Balaban J connectivity index is 2.23. The van der Waals surface area contributed by atoms with Gasteiger partial charge in [-0.2, -0.15) is 0 Å². The molecule has 6 heteroatoms. The first-order valence-electron chi connectivity index (χ1n) is 5.42. The summed E-state index contributed by atoms with van der Waals surface area (Å²) in [5.74, 6) is 0.163. The van der Waals surface area contributed by atoms with E-state index >= 15 is 0 Å². The monoisotopic (exact) mass is 237 g/mol. The normalized spacial score (nSPS) is 24.2. The van der Waals surface area contributed by atoms with Gasteiger partial charge in [0.15, 0.2) is 5.54 Å². The van der Waals surface area contributed by atoms with Crippen LogP contribution in [0.1, 0.15) is 12.7 Å². The first-order valence-corrected chi connectivity index (χ1v) is 5.42. The van der Waals surface area contributed by atoms with E-state index in [2.05, 4.69) is 10.6 Å². The van der Waals surface area contributed by atoms with Crippen molar-refractivity contribution in [3.63, 3.8) is 0 Å². The Bertz CT molecular complexity index is 429. The number of carbonyl (C=O) groups is 2. The van der Waals surface area contributed by atoms with Gasteiger partial charge in [-0.05, 0) is 26.1 Å². The Kier molecular flexibility index (Phi) is 2.89. The molecule has 1 aromatic rings. The highest BCUT2D eigenvalue weighted by Gasteiger charge is 2.50. The van der Waals surface area contributed by atoms with Crippen LogP contribution in [0.15, 0.2) is 22.8 Å². The minimum atomic E-state index is -1.09. The number of hydrogen-bond donors (Lipinski definition) is 2. The summed E-state index contributed by atoms with van der Waals surface area (Å²) < 4.78 is 5.21. The summed E-state index contributed by atoms with van der Waals surface area (Å²) in [6, 6.07) is 2.99. The minimum Gasteiger partial charge on any atom is -0.466 e. The molecule has 1 unspecified atom stereocenters. The van der Waals surface area contributed by atoms with Crippen LogP contribution in [0, 0.1) is 0 Å². The molecule has 0 bridgehead atoms.